The van der Waals surface area contributed by atoms with Crippen LogP contribution < -0.4 is 0 Å². The van der Waals surface area contributed by atoms with Crippen LogP contribution in [-0.4, -0.2) is 53.1 Å². The number of nitrogens with zero attached hydrogens (tertiary/aromatic N) is 3. The Morgan fingerprint density at radius 3 is 2.67 bits per heavy atom. The molecule has 0 spiro atoms. The second-order valence-corrected chi connectivity index (χ2v) is 3.92. The van der Waals surface area contributed by atoms with Gasteiger partial charge in [0, 0.05) is 13.2 Å². The van der Waals surface area contributed by atoms with Gasteiger partial charge >= 0.3 is 0 Å². The fourth-order valence-corrected chi connectivity index (χ4v) is 1.25. The van der Waals surface area contributed by atoms with E-state index in [1.165, 1.54) is 0 Å². The summed E-state index contributed by atoms with van der Waals surface area (Å²) in [7, 11) is 5.59. The zero-order valence-electron chi connectivity index (χ0n) is 9.69. The number of amides is 1. The van der Waals surface area contributed by atoms with Crippen LogP contribution >= 0.6 is 0 Å². The second kappa shape index (κ2) is 4.93. The molecule has 0 aliphatic carbocycles. The SMILES string of the molecule is CC(C(=O)N(C)Cc1ccn[nH]1)N(C)C. The van der Waals surface area contributed by atoms with E-state index in [0.717, 1.165) is 5.69 Å². The van der Waals surface area contributed by atoms with Gasteiger partial charge in [0.1, 0.15) is 0 Å². The average molecular weight is 210 g/mol. The van der Waals surface area contributed by atoms with E-state index in [9.17, 15) is 4.79 Å². The first-order valence-electron chi connectivity index (χ1n) is 4.92. The van der Waals surface area contributed by atoms with Crippen LogP contribution in [0.2, 0.25) is 0 Å². The summed E-state index contributed by atoms with van der Waals surface area (Å²) < 4.78 is 0. The number of carbonyl (C=O) groups is 1. The highest BCUT2D eigenvalue weighted by Crippen LogP contribution is 2.02. The van der Waals surface area contributed by atoms with E-state index >= 15 is 0 Å². The standard InChI is InChI=1S/C10H18N4O/c1-8(13(2)3)10(15)14(4)7-9-5-6-11-12-9/h5-6,8H,7H2,1-4H3,(H,11,12). The zero-order chi connectivity index (χ0) is 11.4. The molecule has 1 aromatic rings. The van der Waals surface area contributed by atoms with Crippen molar-refractivity contribution in [3.05, 3.63) is 18.0 Å². The highest BCUT2D eigenvalue weighted by molar-refractivity contribution is 5.81. The Balaban J connectivity index is 2.54. The summed E-state index contributed by atoms with van der Waals surface area (Å²) in [5.74, 6) is 0.106. The molecule has 5 heteroatoms. The Labute approximate surface area is 90.1 Å². The summed E-state index contributed by atoms with van der Waals surface area (Å²) >= 11 is 0. The second-order valence-electron chi connectivity index (χ2n) is 3.92. The molecular weight excluding hydrogens is 192 g/mol. The van der Waals surface area contributed by atoms with Crippen molar-refractivity contribution in [3.8, 4) is 0 Å². The molecule has 0 aromatic carbocycles. The van der Waals surface area contributed by atoms with Gasteiger partial charge in [0.25, 0.3) is 0 Å². The minimum atomic E-state index is -0.0991. The van der Waals surface area contributed by atoms with Crippen molar-refractivity contribution in [2.24, 2.45) is 0 Å². The molecule has 0 saturated carbocycles. The molecule has 0 aliphatic heterocycles. The molecule has 1 N–H and O–H groups in total. The smallest absolute Gasteiger partial charge is 0.239 e. The third-order valence-electron chi connectivity index (χ3n) is 2.47. The molecular formula is C10H18N4O. The molecule has 5 nitrogen and oxygen atoms in total. The van der Waals surface area contributed by atoms with Crippen LogP contribution in [0, 0.1) is 0 Å². The number of H-pyrrole nitrogens is 1. The number of hydrogen-bond donors (Lipinski definition) is 1. The number of carbonyl (C=O) groups excluding carboxylic acids is 1. The Morgan fingerprint density at radius 1 is 1.53 bits per heavy atom. The van der Waals surface area contributed by atoms with Crippen LogP contribution in [0.15, 0.2) is 12.3 Å². The van der Waals surface area contributed by atoms with Crippen molar-refractivity contribution < 1.29 is 4.79 Å². The highest BCUT2D eigenvalue weighted by Gasteiger charge is 2.19. The monoisotopic (exact) mass is 210 g/mol. The van der Waals surface area contributed by atoms with Crippen molar-refractivity contribution in [3.63, 3.8) is 0 Å². The van der Waals surface area contributed by atoms with Crippen LogP contribution in [0.1, 0.15) is 12.6 Å². The molecule has 1 aromatic heterocycles. The quantitative estimate of drug-likeness (QED) is 0.778. The summed E-state index contributed by atoms with van der Waals surface area (Å²) in [4.78, 5) is 15.4. The van der Waals surface area contributed by atoms with Crippen molar-refractivity contribution in [1.82, 2.24) is 20.0 Å². The van der Waals surface area contributed by atoms with Crippen molar-refractivity contribution in [1.29, 1.82) is 0 Å². The topological polar surface area (TPSA) is 52.2 Å². The molecule has 1 atom stereocenters. The van der Waals surface area contributed by atoms with E-state index in [1.807, 2.05) is 32.0 Å². The molecule has 0 bridgehead atoms. The first-order chi connectivity index (χ1) is 7.02. The van der Waals surface area contributed by atoms with Gasteiger partial charge in [0.2, 0.25) is 5.91 Å². The van der Waals surface area contributed by atoms with Gasteiger partial charge in [-0.3, -0.25) is 14.8 Å². The van der Waals surface area contributed by atoms with Gasteiger partial charge in [-0.05, 0) is 27.1 Å². The predicted octanol–water partition coefficient (Wildman–Crippen LogP) is 0.318. The highest BCUT2D eigenvalue weighted by atomic mass is 16.2. The largest absolute Gasteiger partial charge is 0.339 e. The lowest BCUT2D eigenvalue weighted by atomic mass is 10.2. The fourth-order valence-electron chi connectivity index (χ4n) is 1.25. The number of rotatable bonds is 4. The van der Waals surface area contributed by atoms with Crippen LogP contribution in [-0.2, 0) is 11.3 Å². The Bertz CT molecular complexity index is 307. The molecule has 0 fully saturated rings. The Hall–Kier alpha value is -1.36. The minimum absolute atomic E-state index is 0.0991. The maximum absolute atomic E-state index is 11.9. The Kier molecular flexibility index (Phi) is 3.85. The van der Waals surface area contributed by atoms with E-state index in [-0.39, 0.29) is 11.9 Å². The lowest BCUT2D eigenvalue weighted by Gasteiger charge is -2.24. The number of nitrogens with one attached hydrogen (secondary N) is 1. The number of likely N-dealkylation sites (N-methyl/N-ethyl adjacent to an activating group) is 2. The lowest BCUT2D eigenvalue weighted by Crippen LogP contribution is -2.42. The van der Waals surface area contributed by atoms with Gasteiger partial charge in [-0.2, -0.15) is 5.10 Å². The third-order valence-corrected chi connectivity index (χ3v) is 2.47. The average Bonchev–Trinajstić information content (AvgIpc) is 2.67. The summed E-state index contributed by atoms with van der Waals surface area (Å²) in [5, 5.41) is 6.67. The third kappa shape index (κ3) is 3.06. The van der Waals surface area contributed by atoms with E-state index in [2.05, 4.69) is 10.2 Å². The van der Waals surface area contributed by atoms with Crippen molar-refractivity contribution in [2.75, 3.05) is 21.1 Å². The maximum atomic E-state index is 11.9. The summed E-state index contributed by atoms with van der Waals surface area (Å²) in [6.45, 7) is 2.46. The molecule has 1 heterocycles. The normalized spacial score (nSPS) is 12.9. The minimum Gasteiger partial charge on any atom is -0.339 e. The van der Waals surface area contributed by atoms with E-state index in [0.29, 0.717) is 6.54 Å². The summed E-state index contributed by atoms with van der Waals surface area (Å²) in [6, 6.07) is 1.77. The van der Waals surface area contributed by atoms with E-state index in [4.69, 9.17) is 0 Å². The lowest BCUT2D eigenvalue weighted by molar-refractivity contribution is -0.134. The van der Waals surface area contributed by atoms with Gasteiger partial charge in [0.05, 0.1) is 18.3 Å². The van der Waals surface area contributed by atoms with Gasteiger partial charge in [-0.15, -0.1) is 0 Å². The number of aromatic amines is 1. The molecule has 84 valence electrons. The van der Waals surface area contributed by atoms with Crippen LogP contribution in [0.5, 0.6) is 0 Å². The summed E-state index contributed by atoms with van der Waals surface area (Å²) in [6.07, 6.45) is 1.68. The first kappa shape index (κ1) is 11.7. The van der Waals surface area contributed by atoms with Gasteiger partial charge < -0.3 is 4.90 Å². The van der Waals surface area contributed by atoms with E-state index < -0.39 is 0 Å². The van der Waals surface area contributed by atoms with Crippen LogP contribution in [0.3, 0.4) is 0 Å². The molecule has 1 rings (SSSR count). The number of aromatic nitrogens is 2. The van der Waals surface area contributed by atoms with Crippen LogP contribution in [0.4, 0.5) is 0 Å². The van der Waals surface area contributed by atoms with Gasteiger partial charge in [-0.25, -0.2) is 0 Å². The molecule has 0 saturated heterocycles. The molecule has 0 aliphatic rings. The van der Waals surface area contributed by atoms with Crippen LogP contribution in [0.25, 0.3) is 0 Å². The van der Waals surface area contributed by atoms with Crippen molar-refractivity contribution >= 4 is 5.91 Å². The predicted molar refractivity (Wildman–Crippen MR) is 58.2 cm³/mol. The maximum Gasteiger partial charge on any atom is 0.239 e. The van der Waals surface area contributed by atoms with Gasteiger partial charge in [0.15, 0.2) is 0 Å². The Morgan fingerprint density at radius 2 is 2.20 bits per heavy atom. The summed E-state index contributed by atoms with van der Waals surface area (Å²) in [5.41, 5.74) is 0.941. The molecule has 15 heavy (non-hydrogen) atoms. The fraction of sp³-hybridized carbons (Fsp3) is 0.600. The molecule has 0 radical (unpaired) electrons. The van der Waals surface area contributed by atoms with Crippen molar-refractivity contribution in [2.45, 2.75) is 19.5 Å². The van der Waals surface area contributed by atoms with E-state index in [1.54, 1.807) is 18.1 Å². The molecule has 1 amide bonds. The first-order valence-corrected chi connectivity index (χ1v) is 4.92. The zero-order valence-corrected chi connectivity index (χ0v) is 9.69. The molecule has 1 unspecified atom stereocenters. The number of hydrogen-bond acceptors (Lipinski definition) is 3. The van der Waals surface area contributed by atoms with Gasteiger partial charge in [-0.1, -0.05) is 0 Å².